The van der Waals surface area contributed by atoms with Gasteiger partial charge in [0, 0.05) is 36.4 Å². The number of H-pyrrole nitrogens is 1. The molecule has 0 aliphatic carbocycles. The minimum Gasteiger partial charge on any atom is -0.492 e. The number of rotatable bonds is 6. The minimum atomic E-state index is 0.273. The first kappa shape index (κ1) is 14.8. The van der Waals surface area contributed by atoms with Gasteiger partial charge < -0.3 is 19.5 Å². The van der Waals surface area contributed by atoms with Crippen molar-refractivity contribution < 1.29 is 14.2 Å². The highest BCUT2D eigenvalue weighted by Crippen LogP contribution is 2.34. The Balaban J connectivity index is 1.26. The zero-order valence-electron chi connectivity index (χ0n) is 13.3. The fraction of sp³-hybridized carbons (Fsp3) is 0.294. The van der Waals surface area contributed by atoms with E-state index in [9.17, 15) is 0 Å². The second-order valence-electron chi connectivity index (χ2n) is 5.60. The minimum absolute atomic E-state index is 0.273. The molecule has 0 unspecified atom stereocenters. The van der Waals surface area contributed by atoms with Crippen LogP contribution in [0.5, 0.6) is 17.2 Å². The lowest BCUT2D eigenvalue weighted by atomic mass is 10.2. The Morgan fingerprint density at radius 3 is 3.12 bits per heavy atom. The van der Waals surface area contributed by atoms with Crippen molar-refractivity contribution in [2.24, 2.45) is 0 Å². The molecule has 3 heterocycles. The molecule has 1 aliphatic heterocycles. The molecule has 0 atom stereocenters. The Hall–Kier alpha value is -2.80. The summed E-state index contributed by atoms with van der Waals surface area (Å²) in [7, 11) is 0. The van der Waals surface area contributed by atoms with Crippen LogP contribution in [0.25, 0.3) is 11.0 Å². The molecule has 124 valence electrons. The van der Waals surface area contributed by atoms with Gasteiger partial charge in [-0.05, 0) is 30.7 Å². The number of hydrogen-bond donors (Lipinski definition) is 2. The van der Waals surface area contributed by atoms with E-state index in [0.717, 1.165) is 52.6 Å². The van der Waals surface area contributed by atoms with Gasteiger partial charge in [0.1, 0.15) is 12.4 Å². The zero-order chi connectivity index (χ0) is 16.4. The Morgan fingerprint density at radius 1 is 1.25 bits per heavy atom. The molecular weight excluding hydrogens is 308 g/mol. The lowest BCUT2D eigenvalue weighted by molar-refractivity contribution is 0.173. The summed E-state index contributed by atoms with van der Waals surface area (Å²) < 4.78 is 16.3. The average Bonchev–Trinajstić information content (AvgIpc) is 3.21. The average molecular weight is 326 g/mol. The van der Waals surface area contributed by atoms with Crippen molar-refractivity contribution in [1.29, 1.82) is 0 Å². The number of fused-ring (bicyclic) bond motifs is 2. The van der Waals surface area contributed by atoms with Crippen LogP contribution in [0.2, 0.25) is 0 Å². The SMILES string of the molecule is Cc1[nH]nc2ncc(CNCCOc3ccc4c(c3)OCO4)cc12. The van der Waals surface area contributed by atoms with E-state index in [1.54, 1.807) is 0 Å². The van der Waals surface area contributed by atoms with Gasteiger partial charge in [0.05, 0.1) is 0 Å². The summed E-state index contributed by atoms with van der Waals surface area (Å²) in [6, 6.07) is 7.70. The number of nitrogens with one attached hydrogen (secondary N) is 2. The first-order valence-corrected chi connectivity index (χ1v) is 7.82. The first-order chi connectivity index (χ1) is 11.8. The fourth-order valence-corrected chi connectivity index (χ4v) is 2.60. The first-order valence-electron chi connectivity index (χ1n) is 7.82. The number of pyridine rings is 1. The molecule has 0 spiro atoms. The number of benzene rings is 1. The molecule has 0 saturated carbocycles. The smallest absolute Gasteiger partial charge is 0.231 e. The molecule has 0 radical (unpaired) electrons. The number of aromatic nitrogens is 3. The Morgan fingerprint density at radius 2 is 2.17 bits per heavy atom. The number of nitrogens with zero attached hydrogens (tertiary/aromatic N) is 2. The van der Waals surface area contributed by atoms with Crippen molar-refractivity contribution in [2.45, 2.75) is 13.5 Å². The van der Waals surface area contributed by atoms with Crippen LogP contribution in [-0.4, -0.2) is 35.1 Å². The van der Waals surface area contributed by atoms with Crippen LogP contribution in [0.15, 0.2) is 30.5 Å². The summed E-state index contributed by atoms with van der Waals surface area (Å²) in [5.74, 6) is 2.27. The number of aromatic amines is 1. The zero-order valence-corrected chi connectivity index (χ0v) is 13.3. The van der Waals surface area contributed by atoms with Crippen LogP contribution in [0.1, 0.15) is 11.3 Å². The fourth-order valence-electron chi connectivity index (χ4n) is 2.60. The second kappa shape index (κ2) is 6.37. The van der Waals surface area contributed by atoms with Crippen LogP contribution in [0.3, 0.4) is 0 Å². The molecular formula is C17H18N4O3. The van der Waals surface area contributed by atoms with Gasteiger partial charge in [-0.25, -0.2) is 4.98 Å². The van der Waals surface area contributed by atoms with E-state index in [4.69, 9.17) is 14.2 Å². The molecule has 0 saturated heterocycles. The number of ether oxygens (including phenoxy) is 3. The summed E-state index contributed by atoms with van der Waals surface area (Å²) in [6.07, 6.45) is 1.84. The molecule has 7 nitrogen and oxygen atoms in total. The monoisotopic (exact) mass is 326 g/mol. The van der Waals surface area contributed by atoms with E-state index in [1.165, 1.54) is 0 Å². The van der Waals surface area contributed by atoms with Crippen molar-refractivity contribution in [3.05, 3.63) is 41.7 Å². The largest absolute Gasteiger partial charge is 0.492 e. The number of aryl methyl sites for hydroxylation is 1. The predicted octanol–water partition coefficient (Wildman–Crippen LogP) is 2.16. The van der Waals surface area contributed by atoms with Gasteiger partial charge in [-0.2, -0.15) is 5.10 Å². The molecule has 0 fully saturated rings. The van der Waals surface area contributed by atoms with Crippen LogP contribution in [0, 0.1) is 6.92 Å². The maximum Gasteiger partial charge on any atom is 0.231 e. The standard InChI is InChI=1S/C17H18N4O3/c1-11-14-6-12(9-19-17(14)21-20-11)8-18-4-5-22-13-2-3-15-16(7-13)24-10-23-15/h2-3,6-7,9,18H,4-5,8,10H2,1H3,(H,19,20,21). The van der Waals surface area contributed by atoms with Crippen LogP contribution >= 0.6 is 0 Å². The molecule has 1 aromatic carbocycles. The van der Waals surface area contributed by atoms with E-state index in [1.807, 2.05) is 31.3 Å². The Bertz CT molecular complexity index is 862. The molecule has 0 bridgehead atoms. The van der Waals surface area contributed by atoms with Gasteiger partial charge in [-0.1, -0.05) is 0 Å². The summed E-state index contributed by atoms with van der Waals surface area (Å²) in [5, 5.41) is 11.5. The van der Waals surface area contributed by atoms with Gasteiger partial charge in [-0.3, -0.25) is 5.10 Å². The normalized spacial score (nSPS) is 12.7. The highest BCUT2D eigenvalue weighted by Gasteiger charge is 2.13. The van der Waals surface area contributed by atoms with Crippen molar-refractivity contribution in [1.82, 2.24) is 20.5 Å². The number of hydrogen-bond acceptors (Lipinski definition) is 6. The maximum atomic E-state index is 5.72. The van der Waals surface area contributed by atoms with Crippen LogP contribution in [0.4, 0.5) is 0 Å². The topological polar surface area (TPSA) is 81.3 Å². The van der Waals surface area contributed by atoms with Crippen LogP contribution in [-0.2, 0) is 6.54 Å². The second-order valence-corrected chi connectivity index (χ2v) is 5.60. The van der Waals surface area contributed by atoms with Crippen LogP contribution < -0.4 is 19.5 Å². The van der Waals surface area contributed by atoms with Gasteiger partial charge in [0.2, 0.25) is 6.79 Å². The third-order valence-corrected chi connectivity index (χ3v) is 3.88. The summed E-state index contributed by atoms with van der Waals surface area (Å²) in [6.45, 7) is 4.30. The Kier molecular flexibility index (Phi) is 3.92. The highest BCUT2D eigenvalue weighted by molar-refractivity contribution is 5.77. The molecule has 2 aromatic heterocycles. The van der Waals surface area contributed by atoms with Crippen molar-refractivity contribution in [3.8, 4) is 17.2 Å². The quantitative estimate of drug-likeness (QED) is 0.676. The third-order valence-electron chi connectivity index (χ3n) is 3.88. The highest BCUT2D eigenvalue weighted by atomic mass is 16.7. The predicted molar refractivity (Wildman–Crippen MR) is 88.4 cm³/mol. The lowest BCUT2D eigenvalue weighted by Crippen LogP contribution is -2.20. The molecule has 3 aromatic rings. The van der Waals surface area contributed by atoms with Crippen molar-refractivity contribution in [2.75, 3.05) is 19.9 Å². The molecule has 4 rings (SSSR count). The van der Waals surface area contributed by atoms with E-state index in [0.29, 0.717) is 6.61 Å². The van der Waals surface area contributed by atoms with Gasteiger partial charge in [-0.15, -0.1) is 0 Å². The van der Waals surface area contributed by atoms with Gasteiger partial charge in [0.15, 0.2) is 17.1 Å². The lowest BCUT2D eigenvalue weighted by Gasteiger charge is -2.08. The van der Waals surface area contributed by atoms with E-state index >= 15 is 0 Å². The summed E-state index contributed by atoms with van der Waals surface area (Å²) in [4.78, 5) is 4.34. The maximum absolute atomic E-state index is 5.72. The van der Waals surface area contributed by atoms with Crippen molar-refractivity contribution >= 4 is 11.0 Å². The van der Waals surface area contributed by atoms with E-state index in [-0.39, 0.29) is 6.79 Å². The van der Waals surface area contributed by atoms with E-state index < -0.39 is 0 Å². The summed E-state index contributed by atoms with van der Waals surface area (Å²) >= 11 is 0. The molecule has 1 aliphatic rings. The Labute approximate surface area is 138 Å². The van der Waals surface area contributed by atoms with Gasteiger partial charge in [0.25, 0.3) is 0 Å². The molecule has 7 heteroatoms. The summed E-state index contributed by atoms with van der Waals surface area (Å²) in [5.41, 5.74) is 2.91. The van der Waals surface area contributed by atoms with Crippen molar-refractivity contribution in [3.63, 3.8) is 0 Å². The van der Waals surface area contributed by atoms with Gasteiger partial charge >= 0.3 is 0 Å². The van der Waals surface area contributed by atoms with E-state index in [2.05, 4.69) is 26.6 Å². The molecule has 2 N–H and O–H groups in total. The third kappa shape index (κ3) is 2.98. The molecule has 24 heavy (non-hydrogen) atoms. The molecule has 0 amide bonds.